The predicted octanol–water partition coefficient (Wildman–Crippen LogP) is 4.29. The van der Waals surface area contributed by atoms with Crippen LogP contribution in [-0.2, 0) is 22.7 Å². The highest BCUT2D eigenvalue weighted by molar-refractivity contribution is 7.89. The largest absolute Gasteiger partial charge is 0.507 e. The van der Waals surface area contributed by atoms with Gasteiger partial charge in [0, 0.05) is 31.5 Å². The molecule has 3 aromatic rings. The number of hydrogen-bond donors (Lipinski definition) is 1. The maximum atomic E-state index is 13.0. The van der Waals surface area contributed by atoms with E-state index < -0.39 is 21.8 Å². The minimum absolute atomic E-state index is 0.00914. The molecular formula is C20H17F3N2O3S. The highest BCUT2D eigenvalue weighted by Crippen LogP contribution is 2.37. The zero-order valence-corrected chi connectivity index (χ0v) is 16.1. The third-order valence-electron chi connectivity index (χ3n) is 4.31. The number of phenols is 1. The molecule has 0 bridgehead atoms. The Morgan fingerprint density at radius 2 is 1.83 bits per heavy atom. The van der Waals surface area contributed by atoms with E-state index in [-0.39, 0.29) is 22.8 Å². The quantitative estimate of drug-likeness (QED) is 0.666. The number of rotatable bonds is 5. The van der Waals surface area contributed by atoms with E-state index in [2.05, 4.69) is 4.98 Å². The van der Waals surface area contributed by atoms with Crippen LogP contribution in [0, 0.1) is 0 Å². The Labute approximate surface area is 166 Å². The molecule has 0 spiro atoms. The first kappa shape index (κ1) is 20.8. The smallest absolute Gasteiger partial charge is 0.416 e. The molecule has 3 rings (SSSR count). The van der Waals surface area contributed by atoms with E-state index in [1.165, 1.54) is 31.6 Å². The summed E-state index contributed by atoms with van der Waals surface area (Å²) in [5.41, 5.74) is 0.0268. The lowest BCUT2D eigenvalue weighted by Crippen LogP contribution is -2.26. The van der Waals surface area contributed by atoms with E-state index in [1.807, 2.05) is 0 Å². The lowest BCUT2D eigenvalue weighted by Gasteiger charge is -2.18. The van der Waals surface area contributed by atoms with Crippen LogP contribution >= 0.6 is 0 Å². The number of phenolic OH excluding ortho intramolecular Hbond substituents is 1. The van der Waals surface area contributed by atoms with E-state index in [0.717, 1.165) is 22.5 Å². The Morgan fingerprint density at radius 3 is 2.48 bits per heavy atom. The topological polar surface area (TPSA) is 70.5 Å². The van der Waals surface area contributed by atoms with Crippen LogP contribution in [0.2, 0.25) is 0 Å². The van der Waals surface area contributed by atoms with Crippen molar-refractivity contribution in [3.8, 4) is 16.9 Å². The lowest BCUT2D eigenvalue weighted by molar-refractivity contribution is -0.137. The molecule has 0 aliphatic carbocycles. The van der Waals surface area contributed by atoms with Crippen molar-refractivity contribution in [1.82, 2.24) is 9.29 Å². The summed E-state index contributed by atoms with van der Waals surface area (Å²) in [5.74, 6) is -0.300. The van der Waals surface area contributed by atoms with E-state index in [1.54, 1.807) is 24.3 Å². The summed E-state index contributed by atoms with van der Waals surface area (Å²) >= 11 is 0. The van der Waals surface area contributed by atoms with Gasteiger partial charge in [-0.3, -0.25) is 4.98 Å². The summed E-state index contributed by atoms with van der Waals surface area (Å²) in [4.78, 5) is 3.84. The zero-order chi connectivity index (χ0) is 21.2. The Hall–Kier alpha value is -2.91. The van der Waals surface area contributed by atoms with Crippen LogP contribution in [0.25, 0.3) is 11.1 Å². The van der Waals surface area contributed by atoms with Crippen molar-refractivity contribution in [2.75, 3.05) is 7.05 Å². The first-order chi connectivity index (χ1) is 13.6. The number of hydrogen-bond acceptors (Lipinski definition) is 4. The molecule has 0 fully saturated rings. The fourth-order valence-electron chi connectivity index (χ4n) is 2.80. The second kappa shape index (κ2) is 7.84. The van der Waals surface area contributed by atoms with Gasteiger partial charge in [0.05, 0.1) is 5.56 Å². The normalized spacial score (nSPS) is 12.3. The molecule has 29 heavy (non-hydrogen) atoms. The highest BCUT2D eigenvalue weighted by Gasteiger charge is 2.31. The van der Waals surface area contributed by atoms with Gasteiger partial charge in [0.25, 0.3) is 0 Å². The first-order valence-corrected chi connectivity index (χ1v) is 9.89. The monoisotopic (exact) mass is 422 g/mol. The van der Waals surface area contributed by atoms with Gasteiger partial charge in [-0.15, -0.1) is 0 Å². The molecule has 5 nitrogen and oxygen atoms in total. The summed E-state index contributed by atoms with van der Waals surface area (Å²) in [5, 5.41) is 10.0. The molecule has 0 saturated heterocycles. The van der Waals surface area contributed by atoms with Gasteiger partial charge in [-0.2, -0.15) is 17.5 Å². The second-order valence-electron chi connectivity index (χ2n) is 6.38. The fraction of sp³-hybridized carbons (Fsp3) is 0.150. The van der Waals surface area contributed by atoms with Crippen molar-refractivity contribution in [2.24, 2.45) is 0 Å². The Bertz CT molecular complexity index is 1120. The number of aromatic nitrogens is 1. The fourth-order valence-corrected chi connectivity index (χ4v) is 3.93. The average Bonchev–Trinajstić information content (AvgIpc) is 2.68. The Morgan fingerprint density at radius 1 is 1.07 bits per heavy atom. The van der Waals surface area contributed by atoms with Crippen molar-refractivity contribution in [3.63, 3.8) is 0 Å². The Balaban J connectivity index is 1.91. The number of pyridine rings is 1. The molecule has 1 heterocycles. The lowest BCUT2D eigenvalue weighted by atomic mass is 10.00. The third-order valence-corrected chi connectivity index (χ3v) is 6.10. The molecule has 0 radical (unpaired) electrons. The van der Waals surface area contributed by atoms with Gasteiger partial charge in [-0.05, 0) is 47.5 Å². The van der Waals surface area contributed by atoms with E-state index >= 15 is 0 Å². The van der Waals surface area contributed by atoms with Crippen LogP contribution in [0.15, 0.2) is 71.9 Å². The minimum atomic E-state index is -4.54. The summed E-state index contributed by atoms with van der Waals surface area (Å²) < 4.78 is 65.4. The third kappa shape index (κ3) is 4.57. The van der Waals surface area contributed by atoms with Crippen molar-refractivity contribution >= 4 is 10.0 Å². The van der Waals surface area contributed by atoms with Crippen LogP contribution in [0.1, 0.15) is 11.1 Å². The molecule has 0 saturated carbocycles. The molecule has 1 aromatic heterocycles. The average molecular weight is 422 g/mol. The number of alkyl halides is 3. The number of sulfonamides is 1. The summed E-state index contributed by atoms with van der Waals surface area (Å²) in [6, 6.07) is 11.9. The van der Waals surface area contributed by atoms with Crippen molar-refractivity contribution in [2.45, 2.75) is 17.6 Å². The van der Waals surface area contributed by atoms with Gasteiger partial charge in [-0.1, -0.05) is 18.2 Å². The highest BCUT2D eigenvalue weighted by atomic mass is 32.2. The molecule has 0 amide bonds. The van der Waals surface area contributed by atoms with Gasteiger partial charge in [0.2, 0.25) is 10.0 Å². The van der Waals surface area contributed by atoms with E-state index in [4.69, 9.17) is 0 Å². The predicted molar refractivity (Wildman–Crippen MR) is 101 cm³/mol. The molecule has 0 aliphatic rings. The second-order valence-corrected chi connectivity index (χ2v) is 8.42. The molecule has 9 heteroatoms. The number of nitrogens with zero attached hydrogens (tertiary/aromatic N) is 2. The molecule has 1 N–H and O–H groups in total. The van der Waals surface area contributed by atoms with Crippen LogP contribution in [0.5, 0.6) is 5.75 Å². The van der Waals surface area contributed by atoms with Crippen molar-refractivity contribution in [3.05, 3.63) is 78.1 Å². The van der Waals surface area contributed by atoms with Crippen molar-refractivity contribution < 1.29 is 26.7 Å². The number of halogens is 3. The van der Waals surface area contributed by atoms with E-state index in [0.29, 0.717) is 11.1 Å². The molecule has 152 valence electrons. The molecule has 0 aliphatic heterocycles. The van der Waals surface area contributed by atoms with Crippen LogP contribution in [0.4, 0.5) is 13.2 Å². The summed E-state index contributed by atoms with van der Waals surface area (Å²) in [6.07, 6.45) is -1.84. The molecule has 0 atom stereocenters. The number of aromatic hydroxyl groups is 1. The summed E-state index contributed by atoms with van der Waals surface area (Å²) in [7, 11) is -2.38. The Kier molecular flexibility index (Phi) is 5.63. The van der Waals surface area contributed by atoms with Gasteiger partial charge >= 0.3 is 6.18 Å². The standard InChI is InChI=1S/C20H17F3N2O3S/c1-25(29(27,28)17-6-3-9-24-12-17)13-14-4-2-5-15(10-14)18-11-16(20(21,22)23)7-8-19(18)26/h2-12,26H,13H2,1H3. The minimum Gasteiger partial charge on any atom is -0.507 e. The maximum Gasteiger partial charge on any atom is 0.416 e. The van der Waals surface area contributed by atoms with Crippen LogP contribution in [-0.4, -0.2) is 29.9 Å². The van der Waals surface area contributed by atoms with Gasteiger partial charge in [0.15, 0.2) is 0 Å². The van der Waals surface area contributed by atoms with Gasteiger partial charge in [0.1, 0.15) is 10.6 Å². The van der Waals surface area contributed by atoms with Crippen LogP contribution in [0.3, 0.4) is 0 Å². The zero-order valence-electron chi connectivity index (χ0n) is 15.3. The van der Waals surface area contributed by atoms with Crippen LogP contribution < -0.4 is 0 Å². The van der Waals surface area contributed by atoms with Gasteiger partial charge < -0.3 is 5.11 Å². The van der Waals surface area contributed by atoms with Gasteiger partial charge in [-0.25, -0.2) is 8.42 Å². The molecule has 2 aromatic carbocycles. The van der Waals surface area contributed by atoms with E-state index in [9.17, 15) is 26.7 Å². The van der Waals surface area contributed by atoms with Crippen molar-refractivity contribution in [1.29, 1.82) is 0 Å². The summed E-state index contributed by atoms with van der Waals surface area (Å²) in [6.45, 7) is -0.00914. The SMILES string of the molecule is CN(Cc1cccc(-c2cc(C(F)(F)F)ccc2O)c1)S(=O)(=O)c1cccnc1. The molecule has 0 unspecified atom stereocenters. The maximum absolute atomic E-state index is 13.0. The molecular weight excluding hydrogens is 405 g/mol. The first-order valence-electron chi connectivity index (χ1n) is 8.45. The number of benzene rings is 2.